The predicted molar refractivity (Wildman–Crippen MR) is 140 cm³/mol. The molecule has 0 spiro atoms. The molecular weight excluding hydrogens is 424 g/mol. The summed E-state index contributed by atoms with van der Waals surface area (Å²) in [6.07, 6.45) is 22.5. The van der Waals surface area contributed by atoms with Gasteiger partial charge in [0.15, 0.2) is 0 Å². The Morgan fingerprint density at radius 2 is 0.853 bits per heavy atom. The van der Waals surface area contributed by atoms with Gasteiger partial charge in [0.05, 0.1) is 24.4 Å². The van der Waals surface area contributed by atoms with Gasteiger partial charge < -0.3 is 9.47 Å². The Hall–Kier alpha value is -1.32. The van der Waals surface area contributed by atoms with Crippen LogP contribution < -0.4 is 0 Å². The van der Waals surface area contributed by atoms with Crippen LogP contribution in [0.15, 0.2) is 11.1 Å². The molecule has 0 bridgehead atoms. The molecule has 0 aromatic rings. The lowest BCUT2D eigenvalue weighted by molar-refractivity contribution is -0.143. The van der Waals surface area contributed by atoms with Crippen molar-refractivity contribution in [1.29, 1.82) is 0 Å². The summed E-state index contributed by atoms with van der Waals surface area (Å²) in [7, 11) is 0. The van der Waals surface area contributed by atoms with Crippen LogP contribution in [0.3, 0.4) is 0 Å². The molecule has 2 rings (SSSR count). The van der Waals surface area contributed by atoms with Crippen LogP contribution in [0.25, 0.3) is 0 Å². The maximum atomic E-state index is 13.4. The molecule has 196 valence electrons. The number of hydrogen-bond donors (Lipinski definition) is 0. The van der Waals surface area contributed by atoms with E-state index in [4.69, 9.17) is 9.47 Å². The number of hydrogen-bond acceptors (Lipinski definition) is 4. The van der Waals surface area contributed by atoms with E-state index in [-0.39, 0.29) is 23.8 Å². The zero-order valence-corrected chi connectivity index (χ0v) is 22.3. The van der Waals surface area contributed by atoms with Crippen LogP contribution in [-0.4, -0.2) is 25.2 Å². The minimum atomic E-state index is -0.237. The number of rotatable bonds is 18. The van der Waals surface area contributed by atoms with Crippen LogP contribution in [0, 0.1) is 11.8 Å². The monoisotopic (exact) mass is 476 g/mol. The van der Waals surface area contributed by atoms with Gasteiger partial charge in [0, 0.05) is 0 Å². The maximum absolute atomic E-state index is 13.4. The fourth-order valence-corrected chi connectivity index (χ4v) is 5.67. The highest BCUT2D eigenvalue weighted by atomic mass is 16.5. The Balaban J connectivity index is 2.01. The fourth-order valence-electron chi connectivity index (χ4n) is 5.67. The number of carbonyl (C=O) groups is 2. The van der Waals surface area contributed by atoms with Gasteiger partial charge in [0.25, 0.3) is 0 Å². The Morgan fingerprint density at radius 1 is 0.529 bits per heavy atom. The van der Waals surface area contributed by atoms with Crippen molar-refractivity contribution in [3.05, 3.63) is 11.1 Å². The number of carbonyl (C=O) groups excluding carboxylic acids is 2. The smallest absolute Gasteiger partial charge is 0.334 e. The van der Waals surface area contributed by atoms with Gasteiger partial charge in [0.2, 0.25) is 0 Å². The highest BCUT2D eigenvalue weighted by Crippen LogP contribution is 2.40. The molecule has 2 saturated carbocycles. The highest BCUT2D eigenvalue weighted by molar-refractivity contribution is 6.01. The average Bonchev–Trinajstić information content (AvgIpc) is 3.55. The van der Waals surface area contributed by atoms with Gasteiger partial charge in [-0.15, -0.1) is 0 Å². The lowest BCUT2D eigenvalue weighted by Crippen LogP contribution is -2.25. The van der Waals surface area contributed by atoms with Crippen LogP contribution >= 0.6 is 0 Å². The van der Waals surface area contributed by atoms with Crippen molar-refractivity contribution >= 4 is 11.9 Å². The molecule has 0 aromatic heterocycles. The van der Waals surface area contributed by atoms with Gasteiger partial charge in [-0.3, -0.25) is 0 Å². The molecule has 0 aromatic carbocycles. The van der Waals surface area contributed by atoms with Gasteiger partial charge in [-0.25, -0.2) is 9.59 Å². The quantitative estimate of drug-likeness (QED) is 0.113. The first-order chi connectivity index (χ1) is 16.7. The third-order valence-electron chi connectivity index (χ3n) is 7.72. The van der Waals surface area contributed by atoms with E-state index in [0.717, 1.165) is 77.0 Å². The molecule has 0 radical (unpaired) electrons. The lowest BCUT2D eigenvalue weighted by Gasteiger charge is -2.22. The molecule has 0 unspecified atom stereocenters. The molecule has 4 nitrogen and oxygen atoms in total. The molecule has 0 saturated heterocycles. The summed E-state index contributed by atoms with van der Waals surface area (Å²) in [5.41, 5.74) is 1.37. The van der Waals surface area contributed by atoms with Crippen LogP contribution in [0.5, 0.6) is 0 Å². The van der Waals surface area contributed by atoms with E-state index in [2.05, 4.69) is 13.8 Å². The number of ether oxygens (including phenoxy) is 2. The van der Waals surface area contributed by atoms with Crippen molar-refractivity contribution in [2.75, 3.05) is 13.2 Å². The zero-order valence-electron chi connectivity index (χ0n) is 22.3. The molecule has 2 aliphatic carbocycles. The normalized spacial score (nSPS) is 17.7. The van der Waals surface area contributed by atoms with Crippen LogP contribution in [0.4, 0.5) is 0 Å². The molecule has 0 amide bonds. The summed E-state index contributed by atoms with van der Waals surface area (Å²) in [6, 6.07) is 0. The van der Waals surface area contributed by atoms with Crippen LogP contribution in [0.2, 0.25) is 0 Å². The highest BCUT2D eigenvalue weighted by Gasteiger charge is 2.36. The Morgan fingerprint density at radius 3 is 1.21 bits per heavy atom. The third-order valence-corrected chi connectivity index (χ3v) is 7.72. The van der Waals surface area contributed by atoms with Crippen molar-refractivity contribution in [3.8, 4) is 0 Å². The molecule has 2 aliphatic rings. The summed E-state index contributed by atoms with van der Waals surface area (Å²) in [5, 5.41) is 0. The zero-order chi connectivity index (χ0) is 24.4. The average molecular weight is 477 g/mol. The van der Waals surface area contributed by atoms with Crippen molar-refractivity contribution in [2.24, 2.45) is 11.8 Å². The van der Waals surface area contributed by atoms with E-state index < -0.39 is 0 Å². The summed E-state index contributed by atoms with van der Waals surface area (Å²) in [6.45, 7) is 5.37. The van der Waals surface area contributed by atoms with Crippen LogP contribution in [0.1, 0.15) is 142 Å². The fraction of sp³-hybridized carbons (Fsp3) is 0.867. The summed E-state index contributed by atoms with van der Waals surface area (Å²) >= 11 is 0. The maximum Gasteiger partial charge on any atom is 0.334 e. The topological polar surface area (TPSA) is 52.6 Å². The van der Waals surface area contributed by atoms with Crippen LogP contribution in [-0.2, 0) is 19.1 Å². The summed E-state index contributed by atoms with van der Waals surface area (Å²) in [4.78, 5) is 26.7. The SMILES string of the molecule is CCCCCCCCOC(=O)/C(=C(\C(=O)OCCCCCCCC)C1CCCC1)C1CCCC1. The molecular formula is C30H52O4. The van der Waals surface area contributed by atoms with E-state index in [9.17, 15) is 9.59 Å². The van der Waals surface area contributed by atoms with Crippen molar-refractivity contribution in [1.82, 2.24) is 0 Å². The first-order valence-electron chi connectivity index (χ1n) is 14.8. The van der Waals surface area contributed by atoms with Crippen molar-refractivity contribution in [3.63, 3.8) is 0 Å². The minimum absolute atomic E-state index is 0.161. The first-order valence-corrected chi connectivity index (χ1v) is 14.8. The van der Waals surface area contributed by atoms with Crippen molar-refractivity contribution in [2.45, 2.75) is 142 Å². The standard InChI is InChI=1S/C30H52O4/c1-3-5-7-9-11-17-23-33-29(31)27(25-19-13-14-20-25)28(26-21-15-16-22-26)30(32)34-24-18-12-10-8-6-4-2/h25-26H,3-24H2,1-2H3/b28-27-. The molecule has 4 heteroatoms. The molecule has 2 fully saturated rings. The Kier molecular flexibility index (Phi) is 15.3. The molecule has 0 aliphatic heterocycles. The van der Waals surface area contributed by atoms with Gasteiger partial charge >= 0.3 is 11.9 Å². The van der Waals surface area contributed by atoms with E-state index >= 15 is 0 Å². The van der Waals surface area contributed by atoms with E-state index in [1.54, 1.807) is 0 Å². The molecule has 0 atom stereocenters. The summed E-state index contributed by atoms with van der Waals surface area (Å²) < 4.78 is 11.6. The Bertz CT molecular complexity index is 545. The van der Waals surface area contributed by atoms with Gasteiger partial charge in [-0.2, -0.15) is 0 Å². The first kappa shape index (κ1) is 28.9. The summed E-state index contributed by atoms with van der Waals surface area (Å²) in [5.74, 6) is -0.152. The molecule has 34 heavy (non-hydrogen) atoms. The predicted octanol–water partition coefficient (Wildman–Crippen LogP) is 8.47. The lowest BCUT2D eigenvalue weighted by atomic mass is 9.85. The minimum Gasteiger partial charge on any atom is -0.462 e. The van der Waals surface area contributed by atoms with Gasteiger partial charge in [-0.05, 0) is 50.4 Å². The van der Waals surface area contributed by atoms with Crippen molar-refractivity contribution < 1.29 is 19.1 Å². The number of esters is 2. The van der Waals surface area contributed by atoms with E-state index in [0.29, 0.717) is 24.4 Å². The molecule has 0 N–H and O–H groups in total. The van der Waals surface area contributed by atoms with E-state index in [1.165, 1.54) is 51.4 Å². The Labute approximate surface area is 209 Å². The largest absolute Gasteiger partial charge is 0.462 e. The molecule has 0 heterocycles. The second-order valence-electron chi connectivity index (χ2n) is 10.6. The number of unbranched alkanes of at least 4 members (excludes halogenated alkanes) is 10. The third kappa shape index (κ3) is 10.5. The van der Waals surface area contributed by atoms with Gasteiger partial charge in [0.1, 0.15) is 0 Å². The van der Waals surface area contributed by atoms with Gasteiger partial charge in [-0.1, -0.05) is 104 Å². The second kappa shape index (κ2) is 18.0. The second-order valence-corrected chi connectivity index (χ2v) is 10.6. The van der Waals surface area contributed by atoms with E-state index in [1.807, 2.05) is 0 Å².